The molecule has 1 fully saturated rings. The van der Waals surface area contributed by atoms with Crippen molar-refractivity contribution in [1.29, 1.82) is 0 Å². The Labute approximate surface area is 161 Å². The van der Waals surface area contributed by atoms with Gasteiger partial charge in [-0.1, -0.05) is 12.8 Å². The van der Waals surface area contributed by atoms with E-state index in [1.807, 2.05) is 0 Å². The third kappa shape index (κ3) is 12.5. The molecule has 1 rings (SSSR count). The van der Waals surface area contributed by atoms with E-state index in [4.69, 9.17) is 9.73 Å². The molecule has 1 heterocycles. The van der Waals surface area contributed by atoms with E-state index in [1.165, 1.54) is 58.2 Å². The smallest absolute Gasteiger partial charge is 0.191 e. The number of aliphatic imine (C=N–C) groups is 1. The number of nitrogens with zero attached hydrogens (tertiary/aromatic N) is 3. The third-order valence-corrected chi connectivity index (χ3v) is 4.87. The Hall–Kier alpha value is -0.850. The number of likely N-dealkylation sites (tertiary alicyclic amines) is 1. The Morgan fingerprint density at radius 1 is 1.04 bits per heavy atom. The van der Waals surface area contributed by atoms with Crippen LogP contribution < -0.4 is 10.6 Å². The highest BCUT2D eigenvalue weighted by molar-refractivity contribution is 5.79. The van der Waals surface area contributed by atoms with Gasteiger partial charge in [0, 0.05) is 46.4 Å². The van der Waals surface area contributed by atoms with Gasteiger partial charge >= 0.3 is 0 Å². The van der Waals surface area contributed by atoms with Crippen molar-refractivity contribution in [2.75, 3.05) is 73.1 Å². The van der Waals surface area contributed by atoms with Crippen LogP contribution in [-0.4, -0.2) is 88.9 Å². The number of hydrogen-bond acceptors (Lipinski definition) is 4. The number of hydrogen-bond donors (Lipinski definition) is 2. The number of piperidine rings is 1. The zero-order valence-corrected chi connectivity index (χ0v) is 17.6. The third-order valence-electron chi connectivity index (χ3n) is 4.87. The maximum atomic E-state index is 5.10. The summed E-state index contributed by atoms with van der Waals surface area (Å²) in [4.78, 5) is 9.67. The Morgan fingerprint density at radius 3 is 2.58 bits per heavy atom. The molecule has 6 nitrogen and oxygen atoms in total. The molecular weight excluding hydrogens is 326 g/mol. The molecule has 2 N–H and O–H groups in total. The van der Waals surface area contributed by atoms with Crippen LogP contribution in [0.15, 0.2) is 4.99 Å². The van der Waals surface area contributed by atoms with Crippen molar-refractivity contribution in [2.45, 2.75) is 51.9 Å². The molecule has 1 aliphatic heterocycles. The average molecular weight is 370 g/mol. The number of likely N-dealkylation sites (N-methyl/N-ethyl adjacent to an activating group) is 1. The van der Waals surface area contributed by atoms with Gasteiger partial charge in [0.05, 0.1) is 0 Å². The normalized spacial score (nSPS) is 16.2. The van der Waals surface area contributed by atoms with Crippen molar-refractivity contribution in [3.05, 3.63) is 0 Å². The SMILES string of the molecule is CCNC(=NCCCCCN1CCCCC1)NCCN(C)CCCOC. The second-order valence-corrected chi connectivity index (χ2v) is 7.30. The maximum absolute atomic E-state index is 5.10. The Balaban J connectivity index is 2.07. The summed E-state index contributed by atoms with van der Waals surface area (Å²) in [6, 6.07) is 0. The van der Waals surface area contributed by atoms with Crippen LogP contribution in [0.5, 0.6) is 0 Å². The number of ether oxygens (including phenoxy) is 1. The van der Waals surface area contributed by atoms with Gasteiger partial charge in [-0.15, -0.1) is 0 Å². The highest BCUT2D eigenvalue weighted by Gasteiger charge is 2.08. The molecule has 26 heavy (non-hydrogen) atoms. The first-order valence-corrected chi connectivity index (χ1v) is 10.7. The summed E-state index contributed by atoms with van der Waals surface area (Å²) in [6.45, 7) is 11.7. The molecule has 0 saturated carbocycles. The lowest BCUT2D eigenvalue weighted by Gasteiger charge is -2.26. The molecule has 0 aromatic heterocycles. The molecule has 0 atom stereocenters. The summed E-state index contributed by atoms with van der Waals surface area (Å²) < 4.78 is 5.10. The summed E-state index contributed by atoms with van der Waals surface area (Å²) in [6.07, 6.45) is 9.06. The lowest BCUT2D eigenvalue weighted by atomic mass is 10.1. The summed E-state index contributed by atoms with van der Waals surface area (Å²) in [7, 11) is 3.91. The number of rotatable bonds is 14. The molecule has 6 heteroatoms. The van der Waals surface area contributed by atoms with Gasteiger partial charge in [0.1, 0.15) is 0 Å². The molecule has 0 spiro atoms. The van der Waals surface area contributed by atoms with E-state index in [2.05, 4.69) is 34.4 Å². The van der Waals surface area contributed by atoms with Crippen molar-refractivity contribution >= 4 is 5.96 Å². The van der Waals surface area contributed by atoms with Gasteiger partial charge in [-0.3, -0.25) is 4.99 Å². The van der Waals surface area contributed by atoms with Gasteiger partial charge in [-0.2, -0.15) is 0 Å². The number of nitrogens with one attached hydrogen (secondary N) is 2. The molecule has 0 aromatic carbocycles. The summed E-state index contributed by atoms with van der Waals surface area (Å²) in [5.74, 6) is 0.953. The quantitative estimate of drug-likeness (QED) is 0.279. The molecule has 0 aliphatic carbocycles. The van der Waals surface area contributed by atoms with Crippen LogP contribution in [0.4, 0.5) is 0 Å². The van der Waals surface area contributed by atoms with Crippen LogP contribution in [0, 0.1) is 0 Å². The number of guanidine groups is 1. The molecule has 154 valence electrons. The molecule has 1 saturated heterocycles. The Morgan fingerprint density at radius 2 is 1.85 bits per heavy atom. The van der Waals surface area contributed by atoms with Crippen molar-refractivity contribution in [1.82, 2.24) is 20.4 Å². The monoisotopic (exact) mass is 369 g/mol. The average Bonchev–Trinajstić information content (AvgIpc) is 2.65. The Kier molecular flexibility index (Phi) is 14.6. The predicted molar refractivity (Wildman–Crippen MR) is 112 cm³/mol. The van der Waals surface area contributed by atoms with Crippen LogP contribution in [-0.2, 0) is 4.74 Å². The summed E-state index contributed by atoms with van der Waals surface area (Å²) in [5, 5.41) is 6.79. The fourth-order valence-electron chi connectivity index (χ4n) is 3.30. The topological polar surface area (TPSA) is 52.1 Å². The molecular formula is C20H43N5O. The van der Waals surface area contributed by atoms with Crippen molar-refractivity contribution < 1.29 is 4.74 Å². The van der Waals surface area contributed by atoms with Gasteiger partial charge in [0.15, 0.2) is 5.96 Å². The lowest BCUT2D eigenvalue weighted by molar-refractivity contribution is 0.180. The minimum Gasteiger partial charge on any atom is -0.385 e. The fourth-order valence-corrected chi connectivity index (χ4v) is 3.30. The van der Waals surface area contributed by atoms with Crippen molar-refractivity contribution in [3.8, 4) is 0 Å². The van der Waals surface area contributed by atoms with Crippen molar-refractivity contribution in [3.63, 3.8) is 0 Å². The van der Waals surface area contributed by atoms with Crippen LogP contribution in [0.2, 0.25) is 0 Å². The van der Waals surface area contributed by atoms with E-state index < -0.39 is 0 Å². The summed E-state index contributed by atoms with van der Waals surface area (Å²) >= 11 is 0. The first kappa shape index (κ1) is 23.2. The van der Waals surface area contributed by atoms with Gasteiger partial charge in [-0.25, -0.2) is 0 Å². The van der Waals surface area contributed by atoms with Gasteiger partial charge in [-0.05, 0) is 65.7 Å². The van der Waals surface area contributed by atoms with Crippen LogP contribution in [0.25, 0.3) is 0 Å². The molecule has 0 unspecified atom stereocenters. The van der Waals surface area contributed by atoms with E-state index in [0.717, 1.165) is 51.7 Å². The van der Waals surface area contributed by atoms with E-state index in [0.29, 0.717) is 0 Å². The first-order valence-electron chi connectivity index (χ1n) is 10.7. The predicted octanol–water partition coefficient (Wildman–Crippen LogP) is 2.17. The second-order valence-electron chi connectivity index (χ2n) is 7.30. The standard InChI is InChI=1S/C20H43N5O/c1-4-21-20(23-13-18-24(2)14-11-19-26-3)22-12-7-5-8-15-25-16-9-6-10-17-25/h4-19H2,1-3H3,(H2,21,22,23). The highest BCUT2D eigenvalue weighted by atomic mass is 16.5. The second kappa shape index (κ2) is 16.3. The first-order chi connectivity index (χ1) is 12.8. The van der Waals surface area contributed by atoms with Crippen LogP contribution in [0.1, 0.15) is 51.9 Å². The van der Waals surface area contributed by atoms with Crippen LogP contribution in [0.3, 0.4) is 0 Å². The van der Waals surface area contributed by atoms with E-state index >= 15 is 0 Å². The maximum Gasteiger partial charge on any atom is 0.191 e. The zero-order chi connectivity index (χ0) is 18.9. The number of methoxy groups -OCH3 is 1. The van der Waals surface area contributed by atoms with Crippen LogP contribution >= 0.6 is 0 Å². The van der Waals surface area contributed by atoms with E-state index in [-0.39, 0.29) is 0 Å². The molecule has 0 aromatic rings. The van der Waals surface area contributed by atoms with E-state index in [9.17, 15) is 0 Å². The van der Waals surface area contributed by atoms with Gasteiger partial charge in [0.2, 0.25) is 0 Å². The molecule has 0 amide bonds. The molecule has 1 aliphatic rings. The number of unbranched alkanes of at least 4 members (excludes halogenated alkanes) is 2. The zero-order valence-electron chi connectivity index (χ0n) is 17.6. The largest absolute Gasteiger partial charge is 0.385 e. The Bertz CT molecular complexity index is 345. The van der Waals surface area contributed by atoms with E-state index in [1.54, 1.807) is 7.11 Å². The lowest BCUT2D eigenvalue weighted by Crippen LogP contribution is -2.41. The van der Waals surface area contributed by atoms with Crippen molar-refractivity contribution in [2.24, 2.45) is 4.99 Å². The summed E-state index contributed by atoms with van der Waals surface area (Å²) in [5.41, 5.74) is 0. The minimum atomic E-state index is 0.833. The molecule has 0 radical (unpaired) electrons. The highest BCUT2D eigenvalue weighted by Crippen LogP contribution is 2.09. The minimum absolute atomic E-state index is 0.833. The molecule has 0 bridgehead atoms. The van der Waals surface area contributed by atoms with Gasteiger partial charge < -0.3 is 25.2 Å². The fraction of sp³-hybridized carbons (Fsp3) is 0.950. The van der Waals surface area contributed by atoms with Gasteiger partial charge in [0.25, 0.3) is 0 Å².